The van der Waals surface area contributed by atoms with Gasteiger partial charge in [0.25, 0.3) is 5.56 Å². The molecule has 0 atom stereocenters. The lowest BCUT2D eigenvalue weighted by molar-refractivity contribution is 0.0970. The highest BCUT2D eigenvalue weighted by Crippen LogP contribution is 2.19. The summed E-state index contributed by atoms with van der Waals surface area (Å²) in [5.41, 5.74) is 1.13. The maximum Gasteiger partial charge on any atom is 0.251 e. The number of carbonyl (C=O) groups excluding carboxylic acids is 1. The largest absolute Gasteiger partial charge is 0.298 e. The molecule has 2 rings (SSSR count). The minimum Gasteiger partial charge on any atom is -0.298 e. The lowest BCUT2D eigenvalue weighted by atomic mass is 9.94. The van der Waals surface area contributed by atoms with Crippen molar-refractivity contribution in [2.24, 2.45) is 0 Å². The van der Waals surface area contributed by atoms with Gasteiger partial charge in [0.15, 0.2) is 5.78 Å². The van der Waals surface area contributed by atoms with Gasteiger partial charge in [-0.05, 0) is 18.9 Å². The number of carbonyl (C=O) groups is 1. The number of Topliss-reactive ketones (excluding diaryl/α,β-unsaturated/α-hetero) is 1. The first-order valence-electron chi connectivity index (χ1n) is 4.87. The van der Waals surface area contributed by atoms with E-state index in [9.17, 15) is 9.59 Å². The van der Waals surface area contributed by atoms with Gasteiger partial charge in [-0.25, -0.2) is 0 Å². The van der Waals surface area contributed by atoms with Gasteiger partial charge < -0.3 is 0 Å². The Morgan fingerprint density at radius 3 is 2.87 bits per heavy atom. The van der Waals surface area contributed by atoms with Crippen molar-refractivity contribution in [1.82, 2.24) is 4.57 Å². The number of hydrogen-bond donors (Lipinski definition) is 0. The molecule has 0 aromatic carbocycles. The van der Waals surface area contributed by atoms with Crippen LogP contribution < -0.4 is 5.56 Å². The minimum atomic E-state index is -0.204. The van der Waals surface area contributed by atoms with E-state index in [0.29, 0.717) is 18.4 Å². The molecule has 0 spiro atoms. The molecule has 0 saturated heterocycles. The van der Waals surface area contributed by atoms with Crippen molar-refractivity contribution in [2.75, 3.05) is 0 Å². The number of nitrogens with zero attached hydrogens (tertiary/aromatic N) is 2. The molecular formula is C11H10N2O2. The number of hydrogen-bond acceptors (Lipinski definition) is 3. The van der Waals surface area contributed by atoms with Gasteiger partial charge in [-0.3, -0.25) is 14.2 Å². The molecule has 0 fully saturated rings. The summed E-state index contributed by atoms with van der Waals surface area (Å²) in [5.74, 6) is 0.0722. The fraction of sp³-hybridized carbons (Fsp3) is 0.364. The summed E-state index contributed by atoms with van der Waals surface area (Å²) in [6.45, 7) is 0.0231. The zero-order chi connectivity index (χ0) is 10.8. The van der Waals surface area contributed by atoms with Gasteiger partial charge in [-0.1, -0.05) is 0 Å². The van der Waals surface area contributed by atoms with E-state index >= 15 is 0 Å². The summed E-state index contributed by atoms with van der Waals surface area (Å²) in [6.07, 6.45) is 2.01. The van der Waals surface area contributed by atoms with Crippen LogP contribution in [0.1, 0.15) is 28.9 Å². The van der Waals surface area contributed by atoms with E-state index in [4.69, 9.17) is 5.26 Å². The van der Waals surface area contributed by atoms with Crippen LogP contribution in [0.4, 0.5) is 0 Å². The predicted octanol–water partition coefficient (Wildman–Crippen LogP) is 0.891. The lowest BCUT2D eigenvalue weighted by Crippen LogP contribution is -2.27. The van der Waals surface area contributed by atoms with Crippen LogP contribution in [0.5, 0.6) is 0 Å². The average Bonchev–Trinajstić information content (AvgIpc) is 2.23. The van der Waals surface area contributed by atoms with Crippen molar-refractivity contribution in [3.8, 4) is 6.07 Å². The molecule has 1 heterocycles. The molecule has 1 aliphatic rings. The Morgan fingerprint density at radius 2 is 2.13 bits per heavy atom. The molecule has 15 heavy (non-hydrogen) atoms. The minimum absolute atomic E-state index is 0.0231. The van der Waals surface area contributed by atoms with Crippen LogP contribution in [-0.2, 0) is 13.0 Å². The van der Waals surface area contributed by atoms with E-state index in [0.717, 1.165) is 12.1 Å². The summed E-state index contributed by atoms with van der Waals surface area (Å²) < 4.78 is 1.40. The van der Waals surface area contributed by atoms with Crippen LogP contribution in [0.15, 0.2) is 16.9 Å². The second-order valence-electron chi connectivity index (χ2n) is 3.55. The van der Waals surface area contributed by atoms with Crippen molar-refractivity contribution < 1.29 is 4.79 Å². The topological polar surface area (TPSA) is 62.9 Å². The quantitative estimate of drug-likeness (QED) is 0.679. The standard InChI is InChI=1S/C11H10N2O2/c12-6-7-13-9-2-1-3-10(14)8(9)4-5-11(13)15/h4-5H,1-3,7H2. The number of aromatic nitrogens is 1. The molecule has 0 radical (unpaired) electrons. The van der Waals surface area contributed by atoms with Crippen LogP contribution in [0.3, 0.4) is 0 Å². The number of rotatable bonds is 1. The molecule has 0 aliphatic heterocycles. The van der Waals surface area contributed by atoms with Gasteiger partial charge in [0.1, 0.15) is 6.54 Å². The van der Waals surface area contributed by atoms with Gasteiger partial charge in [0.05, 0.1) is 6.07 Å². The fourth-order valence-corrected chi connectivity index (χ4v) is 1.94. The van der Waals surface area contributed by atoms with Gasteiger partial charge in [0.2, 0.25) is 0 Å². The zero-order valence-corrected chi connectivity index (χ0v) is 8.19. The molecule has 1 aliphatic carbocycles. The first-order valence-corrected chi connectivity index (χ1v) is 4.87. The smallest absolute Gasteiger partial charge is 0.251 e. The van der Waals surface area contributed by atoms with Crippen molar-refractivity contribution in [3.63, 3.8) is 0 Å². The number of ketones is 1. The predicted molar refractivity (Wildman–Crippen MR) is 53.6 cm³/mol. The summed E-state index contributed by atoms with van der Waals surface area (Å²) in [6, 6.07) is 4.88. The number of pyridine rings is 1. The van der Waals surface area contributed by atoms with Gasteiger partial charge >= 0.3 is 0 Å². The monoisotopic (exact) mass is 202 g/mol. The highest BCUT2D eigenvalue weighted by Gasteiger charge is 2.20. The molecule has 4 heteroatoms. The van der Waals surface area contributed by atoms with Crippen LogP contribution in [0.25, 0.3) is 0 Å². The second kappa shape index (κ2) is 3.70. The van der Waals surface area contributed by atoms with Crippen LogP contribution in [-0.4, -0.2) is 10.4 Å². The van der Waals surface area contributed by atoms with E-state index in [1.54, 1.807) is 6.07 Å². The van der Waals surface area contributed by atoms with Gasteiger partial charge in [-0.15, -0.1) is 0 Å². The summed E-state index contributed by atoms with van der Waals surface area (Å²) in [5, 5.41) is 8.62. The zero-order valence-electron chi connectivity index (χ0n) is 8.19. The molecule has 0 N–H and O–H groups in total. The lowest BCUT2D eigenvalue weighted by Gasteiger charge is -2.18. The number of nitriles is 1. The molecule has 0 unspecified atom stereocenters. The Bertz CT molecular complexity index is 508. The number of fused-ring (bicyclic) bond motifs is 1. The highest BCUT2D eigenvalue weighted by molar-refractivity contribution is 5.97. The van der Waals surface area contributed by atoms with Crippen LogP contribution in [0.2, 0.25) is 0 Å². The van der Waals surface area contributed by atoms with Crippen molar-refractivity contribution in [1.29, 1.82) is 5.26 Å². The fourth-order valence-electron chi connectivity index (χ4n) is 1.94. The normalized spacial score (nSPS) is 14.5. The maximum atomic E-state index is 11.6. The van der Waals surface area contributed by atoms with Gasteiger partial charge in [0, 0.05) is 23.7 Å². The first-order chi connectivity index (χ1) is 7.24. The van der Waals surface area contributed by atoms with Crippen LogP contribution in [0, 0.1) is 11.3 Å². The molecule has 0 bridgehead atoms. The molecule has 4 nitrogen and oxygen atoms in total. The molecule has 1 aromatic rings. The van der Waals surface area contributed by atoms with E-state index < -0.39 is 0 Å². The Morgan fingerprint density at radius 1 is 1.33 bits per heavy atom. The third kappa shape index (κ3) is 1.57. The van der Waals surface area contributed by atoms with E-state index in [-0.39, 0.29) is 17.9 Å². The van der Waals surface area contributed by atoms with Crippen molar-refractivity contribution >= 4 is 5.78 Å². The molecular weight excluding hydrogens is 192 g/mol. The molecule has 1 aromatic heterocycles. The Kier molecular flexibility index (Phi) is 2.38. The van der Waals surface area contributed by atoms with Crippen LogP contribution >= 0.6 is 0 Å². The Hall–Kier alpha value is -1.89. The van der Waals surface area contributed by atoms with Gasteiger partial charge in [-0.2, -0.15) is 5.26 Å². The Balaban J connectivity index is 2.64. The van der Waals surface area contributed by atoms with E-state index in [1.165, 1.54) is 10.6 Å². The second-order valence-corrected chi connectivity index (χ2v) is 3.55. The van der Waals surface area contributed by atoms with E-state index in [2.05, 4.69) is 0 Å². The summed E-state index contributed by atoms with van der Waals surface area (Å²) in [7, 11) is 0. The van der Waals surface area contributed by atoms with Crippen molar-refractivity contribution in [2.45, 2.75) is 25.8 Å². The summed E-state index contributed by atoms with van der Waals surface area (Å²) >= 11 is 0. The summed E-state index contributed by atoms with van der Waals surface area (Å²) in [4.78, 5) is 23.0. The average molecular weight is 202 g/mol. The SMILES string of the molecule is N#CCn1c2c(ccc1=O)C(=O)CCC2. The van der Waals surface area contributed by atoms with E-state index in [1.807, 2.05) is 6.07 Å². The molecule has 0 saturated carbocycles. The maximum absolute atomic E-state index is 11.6. The molecule has 76 valence electrons. The third-order valence-electron chi connectivity index (χ3n) is 2.64. The third-order valence-corrected chi connectivity index (χ3v) is 2.64. The van der Waals surface area contributed by atoms with Crippen molar-refractivity contribution in [3.05, 3.63) is 33.7 Å². The highest BCUT2D eigenvalue weighted by atomic mass is 16.1. The Labute approximate surface area is 86.8 Å². The first kappa shape index (κ1) is 9.66. The molecule has 0 amide bonds.